The predicted octanol–water partition coefficient (Wildman–Crippen LogP) is 5.02. The van der Waals surface area contributed by atoms with E-state index in [1.54, 1.807) is 7.11 Å². The number of nitrogens with one attached hydrogen (secondary N) is 1. The average Bonchev–Trinajstić information content (AvgIpc) is 3.30. The fourth-order valence-electron chi connectivity index (χ4n) is 6.71. The number of anilines is 1. The molecule has 5 rings (SSSR count). The second-order valence-electron chi connectivity index (χ2n) is 11.9. The lowest BCUT2D eigenvalue weighted by Gasteiger charge is -2.34. The summed E-state index contributed by atoms with van der Waals surface area (Å²) in [5, 5.41) is 4.32. The maximum Gasteiger partial charge on any atom is 0.227 e. The number of fused-ring (bicyclic) bond motifs is 1. The van der Waals surface area contributed by atoms with Crippen LogP contribution in [0.2, 0.25) is 0 Å². The van der Waals surface area contributed by atoms with Gasteiger partial charge in [0.2, 0.25) is 11.8 Å². The number of ether oxygens (including phenoxy) is 2. The van der Waals surface area contributed by atoms with E-state index in [9.17, 15) is 9.59 Å². The molecule has 0 spiro atoms. The maximum absolute atomic E-state index is 13.4. The lowest BCUT2D eigenvalue weighted by atomic mass is 9.91. The summed E-state index contributed by atoms with van der Waals surface area (Å²) in [6.45, 7) is 6.66. The van der Waals surface area contributed by atoms with Crippen molar-refractivity contribution < 1.29 is 19.1 Å². The third-order valence-corrected chi connectivity index (χ3v) is 8.91. The molecule has 8 nitrogen and oxygen atoms in total. The molecule has 0 bridgehead atoms. The zero-order valence-electron chi connectivity index (χ0n) is 25.1. The third kappa shape index (κ3) is 7.22. The number of carbonyl (C=O) groups excluding carboxylic acids is 2. The first-order chi connectivity index (χ1) is 20.4. The molecule has 1 aromatic heterocycles. The standard InChI is InChI=1S/C34H46N4O4/c1-24-30-8-3-4-9-31(30)38(17-6-18-41-2)33(24)27-7-5-16-37(23-27)32(39)22-28(35)21-25-10-12-29(13-11-25)36-34(40)26-14-19-42-20-15-26/h3-4,8-13,26-28H,5-7,14-23,35H2,1-2H3,(H,36,40)/t27?,28-/m1/s1. The number of piperidine rings is 1. The van der Waals surface area contributed by atoms with E-state index in [2.05, 4.69) is 41.1 Å². The number of nitrogens with zero attached hydrogens (tertiary/aromatic N) is 2. The van der Waals surface area contributed by atoms with E-state index in [-0.39, 0.29) is 23.8 Å². The van der Waals surface area contributed by atoms with Gasteiger partial charge >= 0.3 is 0 Å². The molecular weight excluding hydrogens is 528 g/mol. The SMILES string of the molecule is COCCCn1c(C2CCCN(C(=O)C[C@H](N)Cc3ccc(NC(=O)C4CCOCC4)cc3)C2)c(C)c2ccccc21. The molecule has 1 unspecified atom stereocenters. The number of methoxy groups -OCH3 is 1. The number of rotatable bonds is 11. The Bertz CT molecular complexity index is 1350. The van der Waals surface area contributed by atoms with Crippen LogP contribution >= 0.6 is 0 Å². The molecule has 3 N–H and O–H groups in total. The van der Waals surface area contributed by atoms with Crippen molar-refractivity contribution in [2.75, 3.05) is 45.3 Å². The largest absolute Gasteiger partial charge is 0.385 e. The van der Waals surface area contributed by atoms with Crippen LogP contribution in [0, 0.1) is 12.8 Å². The number of amides is 2. The average molecular weight is 575 g/mol. The van der Waals surface area contributed by atoms with Crippen molar-refractivity contribution in [1.82, 2.24) is 9.47 Å². The van der Waals surface area contributed by atoms with Crippen LogP contribution in [0.4, 0.5) is 5.69 Å². The molecule has 0 radical (unpaired) electrons. The second kappa shape index (κ2) is 14.3. The van der Waals surface area contributed by atoms with Crippen molar-refractivity contribution in [3.63, 3.8) is 0 Å². The van der Waals surface area contributed by atoms with E-state index >= 15 is 0 Å². The Labute approximate surface area is 249 Å². The van der Waals surface area contributed by atoms with Crippen molar-refractivity contribution >= 4 is 28.4 Å². The van der Waals surface area contributed by atoms with Crippen molar-refractivity contribution in [3.05, 3.63) is 65.4 Å². The first-order valence-corrected chi connectivity index (χ1v) is 15.5. The fourth-order valence-corrected chi connectivity index (χ4v) is 6.71. The number of carbonyl (C=O) groups is 2. The van der Waals surface area contributed by atoms with E-state index in [0.717, 1.165) is 69.6 Å². The number of para-hydroxylation sites is 1. The van der Waals surface area contributed by atoms with Crippen molar-refractivity contribution in [1.29, 1.82) is 0 Å². The highest BCUT2D eigenvalue weighted by Gasteiger charge is 2.30. The van der Waals surface area contributed by atoms with Gasteiger partial charge in [-0.3, -0.25) is 9.59 Å². The molecule has 226 valence electrons. The summed E-state index contributed by atoms with van der Waals surface area (Å²) < 4.78 is 13.2. The molecule has 0 saturated carbocycles. The first kappa shape index (κ1) is 30.3. The predicted molar refractivity (Wildman–Crippen MR) is 167 cm³/mol. The normalized spacial score (nSPS) is 18.7. The number of likely N-dealkylation sites (tertiary alicyclic amines) is 1. The first-order valence-electron chi connectivity index (χ1n) is 15.5. The Morgan fingerprint density at radius 3 is 2.62 bits per heavy atom. The fraction of sp³-hybridized carbons (Fsp3) is 0.529. The van der Waals surface area contributed by atoms with Gasteiger partial charge in [0.05, 0.1) is 0 Å². The van der Waals surface area contributed by atoms with Crippen LogP contribution in [-0.2, 0) is 32.0 Å². The molecule has 0 aliphatic carbocycles. The minimum absolute atomic E-state index is 0.00942. The van der Waals surface area contributed by atoms with Crippen LogP contribution in [0.1, 0.15) is 61.3 Å². The van der Waals surface area contributed by atoms with Crippen LogP contribution in [0.5, 0.6) is 0 Å². The van der Waals surface area contributed by atoms with Crippen LogP contribution < -0.4 is 11.1 Å². The van der Waals surface area contributed by atoms with Gasteiger partial charge in [0.15, 0.2) is 0 Å². The lowest BCUT2D eigenvalue weighted by Crippen LogP contribution is -2.42. The van der Waals surface area contributed by atoms with Gasteiger partial charge in [-0.2, -0.15) is 0 Å². The van der Waals surface area contributed by atoms with Gasteiger partial charge in [0.1, 0.15) is 0 Å². The number of aromatic nitrogens is 1. The quantitative estimate of drug-likeness (QED) is 0.314. The molecule has 3 heterocycles. The van der Waals surface area contributed by atoms with E-state index in [1.165, 1.54) is 22.2 Å². The monoisotopic (exact) mass is 574 g/mol. The van der Waals surface area contributed by atoms with Gasteiger partial charge in [0.25, 0.3) is 0 Å². The van der Waals surface area contributed by atoms with Gasteiger partial charge in [0, 0.05) is 93.1 Å². The van der Waals surface area contributed by atoms with Crippen LogP contribution in [0.25, 0.3) is 10.9 Å². The van der Waals surface area contributed by atoms with Crippen LogP contribution in [0.15, 0.2) is 48.5 Å². The van der Waals surface area contributed by atoms with Crippen molar-refractivity contribution in [2.45, 2.75) is 70.4 Å². The van der Waals surface area contributed by atoms with Crippen molar-refractivity contribution in [3.8, 4) is 0 Å². The molecule has 8 heteroatoms. The smallest absolute Gasteiger partial charge is 0.227 e. The summed E-state index contributed by atoms with van der Waals surface area (Å²) in [5.41, 5.74) is 12.3. The van der Waals surface area contributed by atoms with Gasteiger partial charge in [-0.25, -0.2) is 0 Å². The molecule has 2 saturated heterocycles. The highest BCUT2D eigenvalue weighted by molar-refractivity contribution is 5.92. The van der Waals surface area contributed by atoms with E-state index in [0.29, 0.717) is 32.0 Å². The number of hydrogen-bond donors (Lipinski definition) is 2. The maximum atomic E-state index is 13.4. The minimum Gasteiger partial charge on any atom is -0.385 e. The summed E-state index contributed by atoms with van der Waals surface area (Å²) in [6, 6.07) is 16.2. The van der Waals surface area contributed by atoms with Gasteiger partial charge < -0.3 is 30.0 Å². The minimum atomic E-state index is -0.261. The molecule has 2 aromatic carbocycles. The Kier molecular flexibility index (Phi) is 10.3. The Balaban J connectivity index is 1.18. The lowest BCUT2D eigenvalue weighted by molar-refractivity contribution is -0.132. The zero-order valence-corrected chi connectivity index (χ0v) is 25.1. The number of aryl methyl sites for hydroxylation is 2. The van der Waals surface area contributed by atoms with Gasteiger partial charge in [-0.1, -0.05) is 30.3 Å². The molecule has 2 amide bonds. The number of benzene rings is 2. The van der Waals surface area contributed by atoms with E-state index in [4.69, 9.17) is 15.2 Å². The summed E-state index contributed by atoms with van der Waals surface area (Å²) in [6.07, 6.45) is 5.49. The Morgan fingerprint density at radius 2 is 1.86 bits per heavy atom. The molecule has 2 aliphatic rings. The zero-order chi connectivity index (χ0) is 29.5. The summed E-state index contributed by atoms with van der Waals surface area (Å²) in [5.74, 6) is 0.499. The Hall–Kier alpha value is -3.20. The second-order valence-corrected chi connectivity index (χ2v) is 11.9. The van der Waals surface area contributed by atoms with Gasteiger partial charge in [-0.05, 0) is 74.8 Å². The molecule has 2 aliphatic heterocycles. The van der Waals surface area contributed by atoms with E-state index in [1.807, 2.05) is 29.2 Å². The van der Waals surface area contributed by atoms with E-state index < -0.39 is 0 Å². The summed E-state index contributed by atoms with van der Waals surface area (Å²) in [7, 11) is 1.75. The number of nitrogens with two attached hydrogens (primary N) is 1. The highest BCUT2D eigenvalue weighted by Crippen LogP contribution is 2.36. The van der Waals surface area contributed by atoms with Gasteiger partial charge in [-0.15, -0.1) is 0 Å². The molecular formula is C34H46N4O4. The molecule has 3 aromatic rings. The molecule has 2 atom stereocenters. The third-order valence-electron chi connectivity index (χ3n) is 8.91. The topological polar surface area (TPSA) is 98.8 Å². The molecule has 42 heavy (non-hydrogen) atoms. The highest BCUT2D eigenvalue weighted by atomic mass is 16.5. The summed E-state index contributed by atoms with van der Waals surface area (Å²) in [4.78, 5) is 28.0. The summed E-state index contributed by atoms with van der Waals surface area (Å²) >= 11 is 0. The van der Waals surface area contributed by atoms with Crippen LogP contribution in [0.3, 0.4) is 0 Å². The Morgan fingerprint density at radius 1 is 1.10 bits per heavy atom. The van der Waals surface area contributed by atoms with Crippen molar-refractivity contribution in [2.24, 2.45) is 11.7 Å². The number of hydrogen-bond acceptors (Lipinski definition) is 5. The van der Waals surface area contributed by atoms with Crippen LogP contribution in [-0.4, -0.2) is 67.3 Å². The molecule has 2 fully saturated rings.